The molecule has 0 fully saturated rings. The summed E-state index contributed by atoms with van der Waals surface area (Å²) in [4.78, 5) is 79.6. The quantitative estimate of drug-likeness (QED) is 0.0367. The number of pyridine rings is 1. The molecule has 3 aliphatic heterocycles. The van der Waals surface area contributed by atoms with Crippen LogP contribution in [0.5, 0.6) is 0 Å². The van der Waals surface area contributed by atoms with Crippen LogP contribution in [0.25, 0.3) is 45.4 Å². The average molecular weight is 1440 g/mol. The van der Waals surface area contributed by atoms with Gasteiger partial charge in [-0.05, 0) is 159 Å². The van der Waals surface area contributed by atoms with Crippen LogP contribution in [-0.2, 0) is 21.3 Å². The van der Waals surface area contributed by atoms with Gasteiger partial charge < -0.3 is 19.3 Å². The topological polar surface area (TPSA) is 297 Å². The smallest absolute Gasteiger partial charge is 0.234 e. The van der Waals surface area contributed by atoms with E-state index in [0.29, 0.717) is 46.9 Å². The van der Waals surface area contributed by atoms with E-state index in [0.717, 1.165) is 159 Å². The highest BCUT2D eigenvalue weighted by atomic mass is 32.2. The van der Waals surface area contributed by atoms with Gasteiger partial charge in [0.2, 0.25) is 6.08 Å². The van der Waals surface area contributed by atoms with Crippen molar-refractivity contribution < 1.29 is 13.6 Å². The first-order chi connectivity index (χ1) is 51.1. The minimum absolute atomic E-state index is 0.290. The lowest BCUT2D eigenvalue weighted by molar-refractivity contribution is 0.541. The Morgan fingerprint density at radius 1 is 0.547 bits per heavy atom. The maximum absolute atomic E-state index is 11.7. The number of aliphatic imine (C=N–C) groups is 4. The summed E-state index contributed by atoms with van der Waals surface area (Å²) < 4.78 is 28.7. The zero-order valence-corrected chi connectivity index (χ0v) is 64.4. The highest BCUT2D eigenvalue weighted by Crippen LogP contribution is 2.38. The number of nitrogens with zero attached hydrogens (tertiary/aromatic N) is 23. The maximum Gasteiger partial charge on any atom is 0.234 e. The van der Waals surface area contributed by atoms with Crippen LogP contribution in [0, 0.1) is 33.6 Å². The van der Waals surface area contributed by atoms with Crippen molar-refractivity contribution in [3.63, 3.8) is 0 Å². The van der Waals surface area contributed by atoms with E-state index in [2.05, 4.69) is 198 Å². The molecule has 7 aromatic heterocycles. The zero-order chi connectivity index (χ0) is 75.9. The number of aryl methyl sites for hydroxylation is 4. The van der Waals surface area contributed by atoms with E-state index in [-0.39, 0.29) is 11.2 Å². The highest BCUT2D eigenvalue weighted by Gasteiger charge is 2.36. The number of hydrogen-bond donors (Lipinski definition) is 0. The summed E-state index contributed by atoms with van der Waals surface area (Å²) in [6.07, 6.45) is 17.5. The molecule has 27 heteroatoms. The number of aromatic nitrogens is 13. The fourth-order valence-corrected chi connectivity index (χ4v) is 12.7. The molecule has 1 atom stereocenters. The molecule has 0 saturated heterocycles. The van der Waals surface area contributed by atoms with Gasteiger partial charge in [0, 0.05) is 99.2 Å². The molecule has 0 saturated carbocycles. The van der Waals surface area contributed by atoms with E-state index >= 15 is 0 Å². The summed E-state index contributed by atoms with van der Waals surface area (Å²) in [5.74, 6) is 2.62. The fraction of sp³-hybridized carbons (Fsp3) is 0.354. The number of isocyanates is 1. The number of rotatable bonds is 21. The first-order valence-electron chi connectivity index (χ1n) is 35.8. The molecule has 0 spiro atoms. The third-order valence-electron chi connectivity index (χ3n) is 17.5. The van der Waals surface area contributed by atoms with E-state index in [1.807, 2.05) is 60.5 Å². The average Bonchev–Trinajstić information content (AvgIpc) is 1.59. The Morgan fingerprint density at radius 3 is 1.59 bits per heavy atom. The predicted octanol–water partition coefficient (Wildman–Crippen LogP) is 14.5. The minimum atomic E-state index is -2.36. The largest absolute Gasteiger partial charge is 0.772 e. The number of fused-ring (bicyclic) bond motifs is 3. The second-order valence-electron chi connectivity index (χ2n) is 26.5. The maximum atomic E-state index is 11.7. The SMILES string of the molecule is CCC1=Nn2c(nc(-c3ccccc3)c2-c2cnccn2)C1=Nc1ccc(N(CC)CC)cc1C.CCN(CC(C)C)c1ccc(N=C2C(CS(=O)[O-])=Nn3c2nc(C(C)(C)C)c3-c2cnc(C)cn2)nc1.CCN(CC)c1ccc(N=C2C(C)=Nn3c2nc(C)c3-c2cnccn2)c(C)c1.CCN=C=O. The van der Waals surface area contributed by atoms with Crippen LogP contribution in [0.1, 0.15) is 142 Å². The van der Waals surface area contributed by atoms with Crippen molar-refractivity contribution in [3.8, 4) is 45.4 Å². The Bertz CT molecular complexity index is 5000. The molecular formula is C79H92N23O3S-. The Kier molecular flexibility index (Phi) is 25.4. The summed E-state index contributed by atoms with van der Waals surface area (Å²) >= 11 is -2.36. The van der Waals surface area contributed by atoms with Crippen LogP contribution in [0.2, 0.25) is 0 Å². The molecule has 0 aliphatic carbocycles. The Labute approximate surface area is 622 Å². The van der Waals surface area contributed by atoms with E-state index in [4.69, 9.17) is 44.9 Å². The predicted molar refractivity (Wildman–Crippen MR) is 425 cm³/mol. The molecule has 26 nitrogen and oxygen atoms in total. The molecule has 3 aliphatic rings. The summed E-state index contributed by atoms with van der Waals surface area (Å²) in [6, 6.07) is 26.8. The normalized spacial score (nSPS) is 14.0. The van der Waals surface area contributed by atoms with Gasteiger partial charge in [-0.15, -0.1) is 0 Å². The van der Waals surface area contributed by atoms with Crippen molar-refractivity contribution in [1.82, 2.24) is 63.9 Å². The Morgan fingerprint density at radius 2 is 1.09 bits per heavy atom. The molecule has 0 radical (unpaired) electrons. The minimum Gasteiger partial charge on any atom is -0.772 e. The molecule has 0 amide bonds. The van der Waals surface area contributed by atoms with Crippen LogP contribution >= 0.6 is 0 Å². The van der Waals surface area contributed by atoms with Gasteiger partial charge in [0.25, 0.3) is 0 Å². The lowest BCUT2D eigenvalue weighted by Gasteiger charge is -2.24. The molecule has 106 heavy (non-hydrogen) atoms. The van der Waals surface area contributed by atoms with Gasteiger partial charge in [-0.25, -0.2) is 58.7 Å². The molecule has 3 aromatic carbocycles. The van der Waals surface area contributed by atoms with Gasteiger partial charge in [0.05, 0.1) is 76.1 Å². The molecular weight excluding hydrogens is 1350 g/mol. The van der Waals surface area contributed by atoms with Gasteiger partial charge in [0.15, 0.2) is 23.3 Å². The van der Waals surface area contributed by atoms with Gasteiger partial charge in [0.1, 0.15) is 62.7 Å². The lowest BCUT2D eigenvalue weighted by atomic mass is 9.90. The van der Waals surface area contributed by atoms with Gasteiger partial charge in [-0.3, -0.25) is 34.1 Å². The monoisotopic (exact) mass is 1440 g/mol. The van der Waals surface area contributed by atoms with Crippen LogP contribution in [-0.4, -0.2) is 165 Å². The summed E-state index contributed by atoms with van der Waals surface area (Å²) in [6.45, 7) is 41.5. The van der Waals surface area contributed by atoms with Crippen molar-refractivity contribution in [3.05, 3.63) is 180 Å². The third-order valence-corrected chi connectivity index (χ3v) is 18.0. The Balaban J connectivity index is 0.000000166. The Hall–Kier alpha value is -11.4. The van der Waals surface area contributed by atoms with Crippen molar-refractivity contribution in [2.45, 2.75) is 130 Å². The molecule has 548 valence electrons. The molecule has 0 N–H and O–H groups in total. The van der Waals surface area contributed by atoms with Crippen LogP contribution < -0.4 is 14.7 Å². The molecule has 1 unspecified atom stereocenters. The van der Waals surface area contributed by atoms with Crippen molar-refractivity contribution in [2.75, 3.05) is 66.3 Å². The number of carbonyl (C=O) groups excluding carboxylic acids is 1. The van der Waals surface area contributed by atoms with Gasteiger partial charge in [-0.2, -0.15) is 15.3 Å². The van der Waals surface area contributed by atoms with Crippen LogP contribution in [0.15, 0.2) is 170 Å². The number of benzene rings is 3. The number of anilines is 3. The van der Waals surface area contributed by atoms with Crippen molar-refractivity contribution in [2.24, 2.45) is 41.2 Å². The lowest BCUT2D eigenvalue weighted by Crippen LogP contribution is -2.27. The van der Waals surface area contributed by atoms with Crippen molar-refractivity contribution in [1.29, 1.82) is 0 Å². The van der Waals surface area contributed by atoms with E-state index in [9.17, 15) is 8.76 Å². The number of hydrogen-bond acceptors (Lipinski definition) is 23. The first-order valence-corrected chi connectivity index (χ1v) is 37.0. The van der Waals surface area contributed by atoms with Gasteiger partial charge >= 0.3 is 0 Å². The third kappa shape index (κ3) is 17.5. The summed E-state index contributed by atoms with van der Waals surface area (Å²) in [7, 11) is 0. The number of imidazole rings is 3. The first kappa shape index (κ1) is 77.2. The van der Waals surface area contributed by atoms with Crippen molar-refractivity contribution >= 4 is 85.7 Å². The molecule has 10 aromatic rings. The molecule has 13 rings (SSSR count). The fourth-order valence-electron chi connectivity index (χ4n) is 12.3. The second-order valence-corrected chi connectivity index (χ2v) is 27.4. The van der Waals surface area contributed by atoms with Gasteiger partial charge in [-0.1, -0.05) is 71.9 Å². The molecule has 0 bridgehead atoms. The zero-order valence-electron chi connectivity index (χ0n) is 63.6. The summed E-state index contributed by atoms with van der Waals surface area (Å²) in [5, 5.41) is 14.3. The van der Waals surface area contributed by atoms with Crippen LogP contribution in [0.3, 0.4) is 0 Å². The standard InChI is InChI=1S/C28H29N7.C26H34N8O2S.C22H25N7.C3H5NO/c1-5-22-26(31-23-14-13-21(17-19(23)4)34(6-2)7-3)28-32-25(20-11-9-8-10-12-20)27(35(28)33-22)24-18-29-15-16-30-24;1-8-33(14-16(2)3)18-9-10-21(29-12-18)30-22-20(15-37(35)36)32-34-23(19-13-27-17(4)11-28-19)24(26(5,6)7)31-25(22)34;1-6-28(7-2)17-8-9-18(14(3)12-17)26-20-15(4)27-29-21(16(5)25-22(20)29)19-13-23-10-11-24-19;1-2-4-3-5/h8-18H,5-7H2,1-4H3;9-13,16H,8,14-15H2,1-7H3,(H,35,36);8-13H,6-7H2,1-5H3;2H2,1H3/p-1. The summed E-state index contributed by atoms with van der Waals surface area (Å²) in [5.41, 5.74) is 19.9. The highest BCUT2D eigenvalue weighted by molar-refractivity contribution is 7.80. The van der Waals surface area contributed by atoms with E-state index in [1.165, 1.54) is 17.5 Å². The van der Waals surface area contributed by atoms with E-state index in [1.54, 1.807) is 67.4 Å². The van der Waals surface area contributed by atoms with E-state index < -0.39 is 11.1 Å². The second kappa shape index (κ2) is 34.9. The molecule has 10 heterocycles. The van der Waals surface area contributed by atoms with Crippen LogP contribution in [0.4, 0.5) is 34.3 Å².